The van der Waals surface area contributed by atoms with E-state index in [2.05, 4.69) is 308 Å². The lowest BCUT2D eigenvalue weighted by Crippen LogP contribution is -2.17. The molecule has 0 spiro atoms. The van der Waals surface area contributed by atoms with E-state index >= 15 is 0 Å². The molecule has 6 heterocycles. The summed E-state index contributed by atoms with van der Waals surface area (Å²) >= 11 is 3.64. The second-order valence-electron chi connectivity index (χ2n) is 29.5. The Labute approximate surface area is 542 Å². The van der Waals surface area contributed by atoms with Crippen LogP contribution in [0.5, 0.6) is 0 Å². The third-order valence-corrected chi connectivity index (χ3v) is 22.1. The summed E-state index contributed by atoms with van der Waals surface area (Å²) in [6.45, 7) is 27.7. The first kappa shape index (κ1) is 56.1. The van der Waals surface area contributed by atoms with Crippen LogP contribution in [0.3, 0.4) is 0 Å². The van der Waals surface area contributed by atoms with Gasteiger partial charge in [-0.15, -0.1) is 22.7 Å². The molecule has 6 nitrogen and oxygen atoms in total. The summed E-state index contributed by atoms with van der Waals surface area (Å²) in [5, 5.41) is 40.3. The van der Waals surface area contributed by atoms with E-state index in [1.54, 1.807) is 0 Å². The quantitative estimate of drug-likeness (QED) is 0.176. The normalized spacial score (nSPS) is 13.0. The number of thiophene rings is 2. The van der Waals surface area contributed by atoms with Crippen molar-refractivity contribution in [2.24, 2.45) is 0 Å². The van der Waals surface area contributed by atoms with E-state index in [4.69, 9.17) is 0 Å². The molecule has 0 aliphatic rings. The number of hydrogen-bond donors (Lipinski definition) is 0. The van der Waals surface area contributed by atoms with Crippen molar-refractivity contribution in [3.63, 3.8) is 0 Å². The average Bonchev–Trinajstić information content (AvgIpc) is 1.47. The van der Waals surface area contributed by atoms with Crippen LogP contribution >= 0.6 is 22.7 Å². The van der Waals surface area contributed by atoms with Crippen LogP contribution in [0, 0.1) is 22.7 Å². The highest BCUT2D eigenvalue weighted by Crippen LogP contribution is 2.55. The molecular weight excluding hydrogens is 1160 g/mol. The van der Waals surface area contributed by atoms with Gasteiger partial charge in [0.1, 0.15) is 23.3 Å². The van der Waals surface area contributed by atoms with Crippen LogP contribution in [0.15, 0.2) is 194 Å². The molecule has 0 fully saturated rings. The SMILES string of the molecule is CC(C)(C)c1ccc2c(c1)c1cc(C(C)(C)C)c3c4ccccc4sc3c1n2-c1c(C#N)c(-n2c3ccccc3c3ccccc32)c(-n2c3ccc(C(C)(C)C)cc3c3cc(C(C)(C)C)c4c5ccccc5sc4c32)c(C#N)c1-n1c2ccccc2c2ccccc21. The zero-order valence-corrected chi connectivity index (χ0v) is 55.6. The van der Waals surface area contributed by atoms with Crippen molar-refractivity contribution < 1.29 is 0 Å². The maximum atomic E-state index is 13.4. The summed E-state index contributed by atoms with van der Waals surface area (Å²) in [5.74, 6) is 0. The monoisotopic (exact) mass is 1220 g/mol. The fraction of sp³-hybridized carbons (Fsp3) is 0.190. The van der Waals surface area contributed by atoms with Gasteiger partial charge in [-0.2, -0.15) is 10.5 Å². The molecule has 446 valence electrons. The first-order valence-electron chi connectivity index (χ1n) is 32.0. The Balaban J connectivity index is 1.22. The number of nitrogens with zero attached hydrogens (tertiary/aromatic N) is 6. The number of rotatable bonds is 4. The predicted molar refractivity (Wildman–Crippen MR) is 394 cm³/mol. The summed E-state index contributed by atoms with van der Waals surface area (Å²) in [7, 11) is 0. The van der Waals surface area contributed by atoms with Crippen LogP contribution in [-0.2, 0) is 21.7 Å². The number of para-hydroxylation sites is 4. The Morgan fingerprint density at radius 2 is 0.587 bits per heavy atom. The van der Waals surface area contributed by atoms with Gasteiger partial charge in [0.15, 0.2) is 0 Å². The molecule has 11 aromatic carbocycles. The van der Waals surface area contributed by atoms with Gasteiger partial charge >= 0.3 is 0 Å². The maximum absolute atomic E-state index is 13.4. The molecule has 8 heteroatoms. The Morgan fingerprint density at radius 1 is 0.293 bits per heavy atom. The molecule has 0 amide bonds. The smallest absolute Gasteiger partial charge is 0.104 e. The second kappa shape index (κ2) is 19.3. The van der Waals surface area contributed by atoms with Crippen molar-refractivity contribution in [2.75, 3.05) is 0 Å². The predicted octanol–water partition coefficient (Wildman–Crippen LogP) is 23.7. The largest absolute Gasteiger partial charge is 0.306 e. The fourth-order valence-corrected chi connectivity index (χ4v) is 18.0. The van der Waals surface area contributed by atoms with E-state index in [1.807, 2.05) is 22.7 Å². The van der Waals surface area contributed by atoms with Crippen molar-refractivity contribution in [3.8, 4) is 34.9 Å². The molecule has 0 unspecified atom stereocenters. The van der Waals surface area contributed by atoms with Crippen molar-refractivity contribution in [3.05, 3.63) is 228 Å². The van der Waals surface area contributed by atoms with E-state index in [0.29, 0.717) is 33.9 Å². The van der Waals surface area contributed by atoms with E-state index in [-0.39, 0.29) is 21.7 Å². The van der Waals surface area contributed by atoms with E-state index in [0.717, 1.165) is 96.6 Å². The number of nitriles is 2. The zero-order chi connectivity index (χ0) is 63.4. The van der Waals surface area contributed by atoms with E-state index in [9.17, 15) is 10.5 Å². The fourth-order valence-electron chi connectivity index (χ4n) is 15.5. The van der Waals surface area contributed by atoms with E-state index < -0.39 is 0 Å². The van der Waals surface area contributed by atoms with E-state index in [1.165, 1.54) is 53.2 Å². The van der Waals surface area contributed by atoms with Gasteiger partial charge in [0.05, 0.1) is 76.3 Å². The molecular formula is C84H68N6S2. The van der Waals surface area contributed by atoms with Gasteiger partial charge in [0.25, 0.3) is 0 Å². The molecule has 0 saturated carbocycles. The third-order valence-electron chi connectivity index (χ3n) is 19.8. The Bertz CT molecular complexity index is 5710. The number of aromatic nitrogens is 4. The first-order valence-corrected chi connectivity index (χ1v) is 33.7. The van der Waals surface area contributed by atoms with Crippen molar-refractivity contribution in [1.29, 1.82) is 10.5 Å². The van der Waals surface area contributed by atoms with Gasteiger partial charge in [0, 0.05) is 74.0 Å². The topological polar surface area (TPSA) is 67.3 Å². The van der Waals surface area contributed by atoms with Crippen LogP contribution in [0.1, 0.15) is 116 Å². The summed E-state index contributed by atoms with van der Waals surface area (Å²) in [5.41, 5.74) is 15.2. The van der Waals surface area contributed by atoms with Crippen molar-refractivity contribution in [1.82, 2.24) is 18.3 Å². The van der Waals surface area contributed by atoms with Gasteiger partial charge in [0.2, 0.25) is 0 Å². The molecule has 92 heavy (non-hydrogen) atoms. The minimum absolute atomic E-state index is 0.189. The Kier molecular flexibility index (Phi) is 11.8. The number of fused-ring (bicyclic) bond motifs is 20. The summed E-state index contributed by atoms with van der Waals surface area (Å²) in [6, 6.07) is 77.3. The molecule has 17 rings (SSSR count). The summed E-state index contributed by atoms with van der Waals surface area (Å²) < 4.78 is 14.2. The lowest BCUT2D eigenvalue weighted by atomic mass is 9.82. The van der Waals surface area contributed by atoms with Crippen LogP contribution in [0.2, 0.25) is 0 Å². The lowest BCUT2D eigenvalue weighted by molar-refractivity contribution is 0.591. The lowest BCUT2D eigenvalue weighted by Gasteiger charge is -2.27. The molecule has 6 aromatic heterocycles. The zero-order valence-electron chi connectivity index (χ0n) is 54.0. The van der Waals surface area contributed by atoms with Gasteiger partial charge in [-0.1, -0.05) is 204 Å². The van der Waals surface area contributed by atoms with Crippen molar-refractivity contribution in [2.45, 2.75) is 105 Å². The molecule has 17 aromatic rings. The Morgan fingerprint density at radius 3 is 0.902 bits per heavy atom. The summed E-state index contributed by atoms with van der Waals surface area (Å²) in [6.07, 6.45) is 0. The molecule has 0 atom stereocenters. The van der Waals surface area contributed by atoms with Gasteiger partial charge in [-0.05, 0) is 117 Å². The van der Waals surface area contributed by atoms with Gasteiger partial charge < -0.3 is 18.3 Å². The average molecular weight is 1230 g/mol. The van der Waals surface area contributed by atoms with Gasteiger partial charge in [-0.3, -0.25) is 0 Å². The third kappa shape index (κ3) is 7.75. The minimum atomic E-state index is -0.249. The Hall–Kier alpha value is -9.96. The minimum Gasteiger partial charge on any atom is -0.306 e. The standard InChI is InChI=1S/C84H68N6S2/c1-81(2,3)47-37-39-67-55(41-47)57-43-61(83(7,8)9)71-53-29-17-23-35-69(53)91-79(71)77(57)89(67)75-59(45-85)74(88-65-33-21-15-27-51(65)52-28-16-22-34-66(52)88)76(60(46-86)73(75)87-63-31-19-13-25-49(63)50-26-14-20-32-64(50)87)90-68-40-38-48(82(4,5)6)42-56(68)58-44-62(84(10,11)12)72-54-30-18-24-36-70(54)92-80(72)78(58)90/h13-44H,1-12H3. The highest BCUT2D eigenvalue weighted by atomic mass is 32.1. The number of hydrogen-bond acceptors (Lipinski definition) is 4. The first-order chi connectivity index (χ1) is 44.1. The van der Waals surface area contributed by atoms with Crippen molar-refractivity contribution >= 4 is 150 Å². The van der Waals surface area contributed by atoms with Crippen LogP contribution in [0.4, 0.5) is 0 Å². The van der Waals surface area contributed by atoms with Crippen LogP contribution in [0.25, 0.3) is 150 Å². The highest BCUT2D eigenvalue weighted by Gasteiger charge is 2.38. The van der Waals surface area contributed by atoms with Crippen LogP contribution < -0.4 is 0 Å². The maximum Gasteiger partial charge on any atom is 0.104 e. The van der Waals surface area contributed by atoms with Crippen LogP contribution in [-0.4, -0.2) is 18.3 Å². The molecule has 0 N–H and O–H groups in total. The molecule has 0 saturated heterocycles. The molecule has 0 bridgehead atoms. The highest BCUT2D eigenvalue weighted by molar-refractivity contribution is 7.27. The summed E-state index contributed by atoms with van der Waals surface area (Å²) in [4.78, 5) is 0. The molecule has 0 radical (unpaired) electrons. The second-order valence-corrected chi connectivity index (χ2v) is 31.6. The van der Waals surface area contributed by atoms with Gasteiger partial charge in [-0.25, -0.2) is 0 Å². The number of benzene rings is 11. The molecule has 0 aliphatic heterocycles. The molecule has 0 aliphatic carbocycles.